The smallest absolute Gasteiger partial charge is 0.329 e. The number of aromatic nitrogens is 5. The van der Waals surface area contributed by atoms with E-state index in [2.05, 4.69) is 25.3 Å². The summed E-state index contributed by atoms with van der Waals surface area (Å²) in [6.07, 6.45) is 2.63. The molecule has 4 rings (SSSR count). The Balaban J connectivity index is 1.39. The van der Waals surface area contributed by atoms with Gasteiger partial charge in [-0.1, -0.05) is 23.2 Å². The molecule has 1 amide bonds. The molecule has 0 saturated heterocycles. The maximum absolute atomic E-state index is 12.3. The normalized spacial score (nSPS) is 11.2. The third-order valence-electron chi connectivity index (χ3n) is 4.56. The lowest BCUT2D eigenvalue weighted by Gasteiger charge is -2.02. The van der Waals surface area contributed by atoms with Crippen LogP contribution in [0.2, 0.25) is 10.0 Å². The van der Waals surface area contributed by atoms with Gasteiger partial charge in [-0.2, -0.15) is 0 Å². The summed E-state index contributed by atoms with van der Waals surface area (Å²) in [4.78, 5) is 50.3. The standard InChI is InChI=1S/C19H16Cl2N6O3S/c1-27-16-15(17(29)26-19(27)30)23-13(24-16)4-5-14(28)25-18-22-8-11(31-18)7-9-6-10(20)2-3-12(9)21/h2-3,6,8H,4-5,7H2,1H3,(H,23,24)(H,22,25,28)(H,26,29,30). The lowest BCUT2D eigenvalue weighted by atomic mass is 10.1. The number of H-pyrrole nitrogens is 2. The minimum atomic E-state index is -0.549. The number of halogens is 2. The number of carbonyl (C=O) groups excluding carboxylic acids is 1. The van der Waals surface area contributed by atoms with Crippen molar-refractivity contribution in [2.24, 2.45) is 7.05 Å². The van der Waals surface area contributed by atoms with E-state index in [9.17, 15) is 14.4 Å². The van der Waals surface area contributed by atoms with E-state index in [-0.39, 0.29) is 29.9 Å². The van der Waals surface area contributed by atoms with Gasteiger partial charge in [0.1, 0.15) is 11.3 Å². The molecule has 0 atom stereocenters. The number of amides is 1. The third-order valence-corrected chi connectivity index (χ3v) is 6.08. The second-order valence-corrected chi connectivity index (χ2v) is 8.75. The van der Waals surface area contributed by atoms with Crippen LogP contribution >= 0.6 is 34.5 Å². The Bertz CT molecular complexity index is 1400. The Labute approximate surface area is 189 Å². The van der Waals surface area contributed by atoms with Crippen LogP contribution in [-0.4, -0.2) is 30.4 Å². The summed E-state index contributed by atoms with van der Waals surface area (Å²) in [5.74, 6) is 0.192. The molecule has 0 unspecified atom stereocenters. The van der Waals surface area contributed by atoms with E-state index in [0.29, 0.717) is 27.4 Å². The average molecular weight is 479 g/mol. The fraction of sp³-hybridized carbons (Fsp3) is 0.211. The predicted molar refractivity (Wildman–Crippen MR) is 120 cm³/mol. The van der Waals surface area contributed by atoms with Crippen LogP contribution in [0.3, 0.4) is 0 Å². The second kappa shape index (κ2) is 8.66. The van der Waals surface area contributed by atoms with Gasteiger partial charge in [0.25, 0.3) is 5.56 Å². The van der Waals surface area contributed by atoms with E-state index < -0.39 is 11.2 Å². The van der Waals surface area contributed by atoms with Crippen molar-refractivity contribution in [3.05, 3.63) is 71.5 Å². The van der Waals surface area contributed by atoms with Crippen LogP contribution in [0.4, 0.5) is 5.13 Å². The molecule has 0 radical (unpaired) electrons. The zero-order valence-corrected chi connectivity index (χ0v) is 18.5. The van der Waals surface area contributed by atoms with Crippen molar-refractivity contribution in [2.75, 3.05) is 5.32 Å². The van der Waals surface area contributed by atoms with Crippen LogP contribution in [0.1, 0.15) is 22.7 Å². The van der Waals surface area contributed by atoms with Crippen LogP contribution in [-0.2, 0) is 24.7 Å². The molecule has 0 aliphatic heterocycles. The van der Waals surface area contributed by atoms with Crippen LogP contribution in [0.25, 0.3) is 11.2 Å². The Kier molecular flexibility index (Phi) is 5.94. The molecule has 31 heavy (non-hydrogen) atoms. The molecule has 3 heterocycles. The number of nitrogens with zero attached hydrogens (tertiary/aromatic N) is 3. The molecular weight excluding hydrogens is 463 g/mol. The highest BCUT2D eigenvalue weighted by Gasteiger charge is 2.13. The van der Waals surface area contributed by atoms with Gasteiger partial charge >= 0.3 is 5.69 Å². The van der Waals surface area contributed by atoms with Crippen molar-refractivity contribution in [3.8, 4) is 0 Å². The monoisotopic (exact) mass is 478 g/mol. The van der Waals surface area contributed by atoms with Crippen molar-refractivity contribution < 1.29 is 4.79 Å². The van der Waals surface area contributed by atoms with Crippen LogP contribution in [0, 0.1) is 0 Å². The molecule has 9 nitrogen and oxygen atoms in total. The van der Waals surface area contributed by atoms with E-state index in [0.717, 1.165) is 10.4 Å². The van der Waals surface area contributed by atoms with E-state index in [1.54, 1.807) is 24.4 Å². The van der Waals surface area contributed by atoms with Gasteiger partial charge in [0.15, 0.2) is 10.8 Å². The molecular formula is C19H16Cl2N6O3S. The highest BCUT2D eigenvalue weighted by Crippen LogP contribution is 2.27. The number of hydrogen-bond acceptors (Lipinski definition) is 6. The summed E-state index contributed by atoms with van der Waals surface area (Å²) in [6.45, 7) is 0. The Hall–Kier alpha value is -2.95. The first kappa shape index (κ1) is 21.3. The van der Waals surface area contributed by atoms with Gasteiger partial charge in [0.05, 0.1) is 0 Å². The molecule has 0 fully saturated rings. The number of thiazole rings is 1. The summed E-state index contributed by atoms with van der Waals surface area (Å²) in [7, 11) is 1.51. The number of aromatic amines is 2. The summed E-state index contributed by atoms with van der Waals surface area (Å²) in [6, 6.07) is 5.27. The van der Waals surface area contributed by atoms with Gasteiger partial charge in [-0.25, -0.2) is 14.8 Å². The number of nitrogens with one attached hydrogen (secondary N) is 3. The van der Waals surface area contributed by atoms with E-state index in [4.69, 9.17) is 23.2 Å². The number of anilines is 1. The third kappa shape index (κ3) is 4.71. The van der Waals surface area contributed by atoms with Crippen molar-refractivity contribution in [3.63, 3.8) is 0 Å². The Morgan fingerprint density at radius 1 is 1.26 bits per heavy atom. The molecule has 0 aliphatic rings. The molecule has 3 N–H and O–H groups in total. The SMILES string of the molecule is Cn1c(=O)[nH]c(=O)c2[nH]c(CCC(=O)Nc3ncc(Cc4cc(Cl)ccc4Cl)s3)nc21. The Morgan fingerprint density at radius 2 is 2.06 bits per heavy atom. The first-order valence-electron chi connectivity index (χ1n) is 9.16. The van der Waals surface area contributed by atoms with E-state index >= 15 is 0 Å². The quantitative estimate of drug-likeness (QED) is 0.392. The number of hydrogen-bond donors (Lipinski definition) is 3. The first-order chi connectivity index (χ1) is 14.8. The topological polar surface area (TPSA) is 126 Å². The van der Waals surface area contributed by atoms with Crippen LogP contribution in [0.15, 0.2) is 34.0 Å². The van der Waals surface area contributed by atoms with Crippen molar-refractivity contribution in [2.45, 2.75) is 19.3 Å². The Morgan fingerprint density at radius 3 is 2.87 bits per heavy atom. The molecule has 3 aromatic heterocycles. The number of carbonyl (C=O) groups is 1. The summed E-state index contributed by atoms with van der Waals surface area (Å²) in [5.41, 5.74) is 0.225. The molecule has 0 bridgehead atoms. The molecule has 1 aromatic carbocycles. The highest BCUT2D eigenvalue weighted by atomic mass is 35.5. The zero-order valence-electron chi connectivity index (χ0n) is 16.2. The highest BCUT2D eigenvalue weighted by molar-refractivity contribution is 7.15. The molecule has 0 saturated carbocycles. The largest absolute Gasteiger partial charge is 0.336 e. The number of imidazole rings is 1. The van der Waals surface area contributed by atoms with Gasteiger partial charge in [-0.3, -0.25) is 19.1 Å². The van der Waals surface area contributed by atoms with E-state index in [1.165, 1.54) is 23.0 Å². The maximum Gasteiger partial charge on any atom is 0.329 e. The number of rotatable bonds is 6. The van der Waals surface area contributed by atoms with Gasteiger partial charge in [0.2, 0.25) is 5.91 Å². The fourth-order valence-corrected chi connectivity index (χ4v) is 4.23. The fourth-order valence-electron chi connectivity index (χ4n) is 3.00. The van der Waals surface area contributed by atoms with Gasteiger partial charge in [-0.05, 0) is 23.8 Å². The summed E-state index contributed by atoms with van der Waals surface area (Å²) < 4.78 is 1.24. The van der Waals surface area contributed by atoms with Gasteiger partial charge in [-0.15, -0.1) is 11.3 Å². The average Bonchev–Trinajstić information content (AvgIpc) is 3.35. The van der Waals surface area contributed by atoms with Gasteiger partial charge in [0, 0.05) is 47.4 Å². The van der Waals surface area contributed by atoms with Crippen molar-refractivity contribution in [1.82, 2.24) is 24.5 Å². The number of fused-ring (bicyclic) bond motifs is 1. The zero-order chi connectivity index (χ0) is 22.1. The predicted octanol–water partition coefficient (Wildman–Crippen LogP) is 2.88. The molecule has 4 aromatic rings. The van der Waals surface area contributed by atoms with Crippen molar-refractivity contribution in [1.29, 1.82) is 0 Å². The summed E-state index contributed by atoms with van der Waals surface area (Å²) >= 11 is 13.6. The van der Waals surface area contributed by atoms with Crippen LogP contribution < -0.4 is 16.6 Å². The molecule has 160 valence electrons. The van der Waals surface area contributed by atoms with Gasteiger partial charge < -0.3 is 10.3 Å². The number of benzene rings is 1. The maximum atomic E-state index is 12.3. The van der Waals surface area contributed by atoms with Crippen LogP contribution in [0.5, 0.6) is 0 Å². The molecule has 0 aliphatic carbocycles. The lowest BCUT2D eigenvalue weighted by Crippen LogP contribution is -2.28. The molecule has 12 heteroatoms. The summed E-state index contributed by atoms with van der Waals surface area (Å²) in [5, 5.41) is 4.45. The minimum absolute atomic E-state index is 0.126. The molecule has 0 spiro atoms. The van der Waals surface area contributed by atoms with Crippen molar-refractivity contribution >= 4 is 56.7 Å². The minimum Gasteiger partial charge on any atom is -0.336 e. The first-order valence-corrected chi connectivity index (χ1v) is 10.7. The second-order valence-electron chi connectivity index (χ2n) is 6.79. The lowest BCUT2D eigenvalue weighted by molar-refractivity contribution is -0.116. The number of aryl methyl sites for hydroxylation is 2. The van der Waals surface area contributed by atoms with E-state index in [1.807, 2.05) is 0 Å².